The van der Waals surface area contributed by atoms with E-state index in [1.165, 1.54) is 13.8 Å². The second-order valence-electron chi connectivity index (χ2n) is 2.56. The highest BCUT2D eigenvalue weighted by Crippen LogP contribution is 2.17. The first-order chi connectivity index (χ1) is 6.68. The zero-order valence-corrected chi connectivity index (χ0v) is 5.95. The first-order valence-corrected chi connectivity index (χ1v) is 2.97. The van der Waals surface area contributed by atoms with Crippen LogP contribution in [0.4, 0.5) is 0 Å². The van der Waals surface area contributed by atoms with Crippen molar-refractivity contribution in [3.8, 4) is 0 Å². The molecule has 0 aliphatic rings. The highest BCUT2D eigenvalue weighted by atomic mass is 16.3. The number of rotatable bonds is 1. The Morgan fingerprint density at radius 2 is 1.80 bits per heavy atom. The third-order valence-corrected chi connectivity index (χ3v) is 1.11. The smallest absolute Gasteiger partial charge is 0.0840 e. The summed E-state index contributed by atoms with van der Waals surface area (Å²) in [6, 6.07) is -2.00. The summed E-state index contributed by atoms with van der Waals surface area (Å²) < 4.78 is 37.3. The van der Waals surface area contributed by atoms with E-state index in [1.807, 2.05) is 0 Å². The lowest BCUT2D eigenvalue weighted by atomic mass is 9.99. The summed E-state index contributed by atoms with van der Waals surface area (Å²) in [5.74, 6) is 0. The van der Waals surface area contributed by atoms with Crippen LogP contribution in [0.5, 0.6) is 0 Å². The first kappa shape index (κ1) is 3.05. The summed E-state index contributed by atoms with van der Waals surface area (Å²) in [6.07, 6.45) is 0. The lowest BCUT2D eigenvalue weighted by Gasteiger charge is -2.16. The highest BCUT2D eigenvalue weighted by molar-refractivity contribution is 5.20. The van der Waals surface area contributed by atoms with E-state index in [-0.39, 0.29) is 17.6 Å². The number of hydrogen-bond acceptors (Lipinski definition) is 1. The van der Waals surface area contributed by atoms with Gasteiger partial charge in [0.2, 0.25) is 0 Å². The Labute approximate surface area is 68.3 Å². The van der Waals surface area contributed by atoms with Gasteiger partial charge in [0.15, 0.2) is 0 Å². The van der Waals surface area contributed by atoms with Crippen molar-refractivity contribution in [2.45, 2.75) is 19.4 Å². The molecular formula is C9H12O. The van der Waals surface area contributed by atoms with E-state index in [0.717, 1.165) is 0 Å². The van der Waals surface area contributed by atoms with Gasteiger partial charge in [0, 0.05) is 0 Å². The van der Waals surface area contributed by atoms with Crippen molar-refractivity contribution >= 4 is 0 Å². The molecule has 0 aliphatic carbocycles. The third kappa shape index (κ3) is 1.58. The van der Waals surface area contributed by atoms with Crippen LogP contribution < -0.4 is 0 Å². The largest absolute Gasteiger partial charge is 0.386 e. The van der Waals surface area contributed by atoms with Crippen molar-refractivity contribution in [2.24, 2.45) is 0 Å². The fourth-order valence-electron chi connectivity index (χ4n) is 0.556. The Bertz CT molecular complexity index is 379. The average Bonchev–Trinajstić information content (AvgIpc) is 2.09. The zero-order valence-electron chi connectivity index (χ0n) is 10.9. The molecule has 0 saturated heterocycles. The summed E-state index contributed by atoms with van der Waals surface area (Å²) in [5.41, 5.74) is -1.53. The van der Waals surface area contributed by atoms with Gasteiger partial charge >= 0.3 is 0 Å². The van der Waals surface area contributed by atoms with Crippen molar-refractivity contribution in [2.75, 3.05) is 0 Å². The summed E-state index contributed by atoms with van der Waals surface area (Å²) in [5, 5.41) is 9.72. The van der Waals surface area contributed by atoms with E-state index in [9.17, 15) is 5.11 Å². The molecule has 0 spiro atoms. The molecule has 54 valence electrons. The second kappa shape index (κ2) is 2.43. The molecule has 0 aliphatic heterocycles. The molecule has 0 bridgehead atoms. The van der Waals surface area contributed by atoms with Gasteiger partial charge in [0.05, 0.1) is 12.5 Å². The zero-order chi connectivity index (χ0) is 12.0. The van der Waals surface area contributed by atoms with E-state index in [4.69, 9.17) is 6.85 Å². The molecule has 0 unspecified atom stereocenters. The van der Waals surface area contributed by atoms with Gasteiger partial charge in [0.25, 0.3) is 0 Å². The van der Waals surface area contributed by atoms with Crippen LogP contribution in [-0.4, -0.2) is 5.11 Å². The van der Waals surface area contributed by atoms with E-state index in [0.29, 0.717) is 0 Å². The molecule has 0 amide bonds. The van der Waals surface area contributed by atoms with Crippen LogP contribution in [0.15, 0.2) is 30.2 Å². The lowest BCUT2D eigenvalue weighted by Crippen LogP contribution is -2.14. The Hall–Kier alpha value is -0.820. The van der Waals surface area contributed by atoms with Gasteiger partial charge in [-0.2, -0.15) is 0 Å². The van der Waals surface area contributed by atoms with E-state index >= 15 is 0 Å². The normalized spacial score (nSPS) is 18.5. The van der Waals surface area contributed by atoms with Crippen molar-refractivity contribution in [3.05, 3.63) is 35.8 Å². The van der Waals surface area contributed by atoms with Crippen LogP contribution in [0.1, 0.15) is 26.3 Å². The fraction of sp³-hybridized carbons (Fsp3) is 0.333. The maximum atomic E-state index is 9.72. The van der Waals surface area contributed by atoms with Crippen molar-refractivity contribution in [1.29, 1.82) is 0 Å². The van der Waals surface area contributed by atoms with Gasteiger partial charge in [0.1, 0.15) is 0 Å². The molecule has 0 radical (unpaired) electrons. The summed E-state index contributed by atoms with van der Waals surface area (Å²) in [6.45, 7) is 2.78. The molecule has 0 atom stereocenters. The standard InChI is InChI=1S/C9H12O/c1-9(2,10)8-6-4-3-5-7-8/h3-7,10H,1-2H3/i3D,4D,5D,6D,7D. The highest BCUT2D eigenvalue weighted by Gasteiger charge is 2.13. The summed E-state index contributed by atoms with van der Waals surface area (Å²) in [7, 11) is 0. The van der Waals surface area contributed by atoms with Crippen LogP contribution in [0.25, 0.3) is 0 Å². The molecule has 0 fully saturated rings. The van der Waals surface area contributed by atoms with Crippen molar-refractivity contribution in [1.82, 2.24) is 0 Å². The molecule has 0 saturated carbocycles. The molecule has 1 aromatic carbocycles. The molecule has 1 nitrogen and oxygen atoms in total. The predicted octanol–water partition coefficient (Wildman–Crippen LogP) is 1.91. The van der Waals surface area contributed by atoms with Crippen LogP contribution >= 0.6 is 0 Å². The van der Waals surface area contributed by atoms with E-state index in [1.54, 1.807) is 0 Å². The maximum absolute atomic E-state index is 9.72. The molecule has 0 heterocycles. The molecular weight excluding hydrogens is 124 g/mol. The van der Waals surface area contributed by atoms with Gasteiger partial charge in [-0.1, -0.05) is 30.2 Å². The molecule has 0 aromatic heterocycles. The molecule has 1 heteroatoms. The van der Waals surface area contributed by atoms with Crippen LogP contribution in [0, 0.1) is 0 Å². The van der Waals surface area contributed by atoms with Gasteiger partial charge in [-0.25, -0.2) is 0 Å². The van der Waals surface area contributed by atoms with E-state index in [2.05, 4.69) is 0 Å². The third-order valence-electron chi connectivity index (χ3n) is 1.11. The SMILES string of the molecule is [2H]c1c([2H])c([2H])c(C(C)(C)O)c([2H])c1[2H]. The minimum absolute atomic E-state index is 0.0755. The molecule has 1 aromatic rings. The number of aliphatic hydroxyl groups is 1. The first-order valence-electron chi connectivity index (χ1n) is 5.47. The lowest BCUT2D eigenvalue weighted by molar-refractivity contribution is 0.0786. The Balaban J connectivity index is 3.68. The van der Waals surface area contributed by atoms with Gasteiger partial charge in [-0.15, -0.1) is 0 Å². The predicted molar refractivity (Wildman–Crippen MR) is 41.7 cm³/mol. The van der Waals surface area contributed by atoms with E-state index < -0.39 is 23.7 Å². The minimum atomic E-state index is -1.45. The van der Waals surface area contributed by atoms with Crippen molar-refractivity contribution < 1.29 is 12.0 Å². The molecule has 1 rings (SSSR count). The second-order valence-corrected chi connectivity index (χ2v) is 2.56. The van der Waals surface area contributed by atoms with Gasteiger partial charge in [-0.05, 0) is 19.4 Å². The van der Waals surface area contributed by atoms with Gasteiger partial charge < -0.3 is 5.11 Å². The van der Waals surface area contributed by atoms with Crippen LogP contribution in [0.3, 0.4) is 0 Å². The van der Waals surface area contributed by atoms with Crippen LogP contribution in [-0.2, 0) is 5.60 Å². The Kier molecular flexibility index (Phi) is 0.742. The summed E-state index contributed by atoms with van der Waals surface area (Å²) >= 11 is 0. The quantitative estimate of drug-likeness (QED) is 0.633. The number of hydrogen-bond donors (Lipinski definition) is 1. The fourth-order valence-corrected chi connectivity index (χ4v) is 0.556. The van der Waals surface area contributed by atoms with Gasteiger partial charge in [-0.3, -0.25) is 0 Å². The average molecular weight is 141 g/mol. The summed E-state index contributed by atoms with van der Waals surface area (Å²) in [4.78, 5) is 0. The molecule has 1 N–H and O–H groups in total. The minimum Gasteiger partial charge on any atom is -0.386 e. The number of benzene rings is 1. The Morgan fingerprint density at radius 3 is 2.20 bits per heavy atom. The Morgan fingerprint density at radius 1 is 1.30 bits per heavy atom. The van der Waals surface area contributed by atoms with Crippen LogP contribution in [0.2, 0.25) is 0 Å². The maximum Gasteiger partial charge on any atom is 0.0840 e. The van der Waals surface area contributed by atoms with Crippen molar-refractivity contribution in [3.63, 3.8) is 0 Å². The topological polar surface area (TPSA) is 20.2 Å². The molecule has 10 heavy (non-hydrogen) atoms. The monoisotopic (exact) mass is 141 g/mol.